The van der Waals surface area contributed by atoms with Gasteiger partial charge in [0.2, 0.25) is 0 Å². The molecule has 2 heterocycles. The van der Waals surface area contributed by atoms with Crippen molar-refractivity contribution in [2.24, 2.45) is 0 Å². The van der Waals surface area contributed by atoms with Crippen LogP contribution in [0.4, 0.5) is 4.79 Å². The number of ether oxygens (including phenoxy) is 3. The molecule has 6 nitrogen and oxygen atoms in total. The van der Waals surface area contributed by atoms with Gasteiger partial charge in [-0.2, -0.15) is 0 Å². The fourth-order valence-electron chi connectivity index (χ4n) is 3.65. The van der Waals surface area contributed by atoms with Crippen molar-refractivity contribution in [2.75, 3.05) is 32.7 Å². The summed E-state index contributed by atoms with van der Waals surface area (Å²) in [4.78, 5) is 16.4. The molecule has 6 heteroatoms. The molecule has 0 spiro atoms. The summed E-state index contributed by atoms with van der Waals surface area (Å²) in [6.07, 6.45) is 12.2. The van der Waals surface area contributed by atoms with Crippen LogP contribution in [-0.2, 0) is 20.8 Å². The smallest absolute Gasteiger partial charge is 0.410 e. The first-order chi connectivity index (χ1) is 14.8. The highest BCUT2D eigenvalue weighted by molar-refractivity contribution is 5.67. The molecular formula is C24H28N2O4. The number of rotatable bonds is 6. The Labute approximate surface area is 177 Å². The van der Waals surface area contributed by atoms with Crippen molar-refractivity contribution in [2.45, 2.75) is 25.9 Å². The Bertz CT molecular complexity index is 849. The summed E-state index contributed by atoms with van der Waals surface area (Å²) in [5, 5.41) is 0. The molecule has 1 aromatic carbocycles. The lowest BCUT2D eigenvalue weighted by Gasteiger charge is -2.34. The lowest BCUT2D eigenvalue weighted by atomic mass is 10.0. The van der Waals surface area contributed by atoms with Crippen molar-refractivity contribution in [1.29, 1.82) is 0 Å². The van der Waals surface area contributed by atoms with Gasteiger partial charge in [0.15, 0.2) is 5.76 Å². The van der Waals surface area contributed by atoms with Crippen LogP contribution in [0.3, 0.4) is 0 Å². The Morgan fingerprint density at radius 2 is 1.90 bits per heavy atom. The summed E-state index contributed by atoms with van der Waals surface area (Å²) < 4.78 is 17.0. The van der Waals surface area contributed by atoms with E-state index < -0.39 is 0 Å². The van der Waals surface area contributed by atoms with E-state index in [0.717, 1.165) is 56.0 Å². The predicted molar refractivity (Wildman–Crippen MR) is 114 cm³/mol. The number of piperazine rings is 1. The van der Waals surface area contributed by atoms with Crippen LogP contribution in [0.15, 0.2) is 78.2 Å². The van der Waals surface area contributed by atoms with Gasteiger partial charge in [-0.25, -0.2) is 4.79 Å². The lowest BCUT2D eigenvalue weighted by Crippen LogP contribution is -2.49. The molecule has 1 amide bonds. The highest BCUT2D eigenvalue weighted by Crippen LogP contribution is 2.27. The van der Waals surface area contributed by atoms with Gasteiger partial charge in [-0.1, -0.05) is 48.6 Å². The second-order valence-corrected chi connectivity index (χ2v) is 7.58. The van der Waals surface area contributed by atoms with Crippen LogP contribution in [0.25, 0.3) is 0 Å². The minimum atomic E-state index is -0.241. The Hall–Kier alpha value is -2.99. The number of carbonyl (C=O) groups is 1. The average molecular weight is 408 g/mol. The normalized spacial score (nSPS) is 19.2. The average Bonchev–Trinajstić information content (AvgIpc) is 2.83. The number of amides is 1. The summed E-state index contributed by atoms with van der Waals surface area (Å²) in [6.45, 7) is 4.19. The molecule has 158 valence electrons. The molecule has 0 atom stereocenters. The summed E-state index contributed by atoms with van der Waals surface area (Å²) in [5.41, 5.74) is 2.17. The second kappa shape index (κ2) is 10.2. The molecular weight excluding hydrogens is 380 g/mol. The number of carbonyl (C=O) groups excluding carboxylic acids is 1. The maximum atomic E-state index is 12.3. The molecule has 0 aromatic heterocycles. The van der Waals surface area contributed by atoms with Crippen LogP contribution in [0.5, 0.6) is 0 Å². The molecule has 30 heavy (non-hydrogen) atoms. The SMILES string of the molecule is O=C(OCc1ccccc1)N1CCN(CCC2=COC=C(C3=CC=CCC3)O2)CC1. The largest absolute Gasteiger partial charge is 0.465 e. The van der Waals surface area contributed by atoms with Crippen LogP contribution in [0.2, 0.25) is 0 Å². The zero-order chi connectivity index (χ0) is 20.6. The predicted octanol–water partition coefficient (Wildman–Crippen LogP) is 4.34. The third kappa shape index (κ3) is 5.54. The maximum absolute atomic E-state index is 12.3. The topological polar surface area (TPSA) is 51.2 Å². The van der Waals surface area contributed by atoms with Crippen LogP contribution in [0.1, 0.15) is 24.8 Å². The fraction of sp³-hybridized carbons (Fsp3) is 0.375. The minimum Gasteiger partial charge on any atom is -0.465 e. The zero-order valence-electron chi connectivity index (χ0n) is 17.2. The van der Waals surface area contributed by atoms with Gasteiger partial charge in [0.05, 0.1) is 0 Å². The molecule has 1 fully saturated rings. The van der Waals surface area contributed by atoms with Gasteiger partial charge >= 0.3 is 6.09 Å². The van der Waals surface area contributed by atoms with Crippen LogP contribution in [-0.4, -0.2) is 48.6 Å². The van der Waals surface area contributed by atoms with Crippen molar-refractivity contribution in [3.05, 3.63) is 83.7 Å². The van der Waals surface area contributed by atoms with Gasteiger partial charge in [-0.05, 0) is 24.0 Å². The third-order valence-electron chi connectivity index (χ3n) is 5.46. The summed E-state index contributed by atoms with van der Waals surface area (Å²) >= 11 is 0. The number of hydrogen-bond acceptors (Lipinski definition) is 5. The number of benzene rings is 1. The molecule has 0 bridgehead atoms. The number of hydrogen-bond donors (Lipinski definition) is 0. The van der Waals surface area contributed by atoms with E-state index in [9.17, 15) is 4.79 Å². The first kappa shape index (κ1) is 20.3. The van der Waals surface area contributed by atoms with Gasteiger partial charge in [0.25, 0.3) is 0 Å². The Kier molecular flexibility index (Phi) is 6.87. The van der Waals surface area contributed by atoms with Gasteiger partial charge in [0, 0.05) is 39.1 Å². The van der Waals surface area contributed by atoms with Gasteiger partial charge in [-0.15, -0.1) is 0 Å². The second-order valence-electron chi connectivity index (χ2n) is 7.58. The molecule has 3 aliphatic rings. The van der Waals surface area contributed by atoms with Crippen molar-refractivity contribution < 1.29 is 19.0 Å². The van der Waals surface area contributed by atoms with E-state index in [1.165, 1.54) is 5.57 Å². The standard InChI is InChI=1S/C24H28N2O4/c27-24(29-17-20-7-3-1-4-8-20)26-15-13-25(14-16-26)12-11-22-18-28-19-23(30-22)21-9-5-2-6-10-21/h1-5,7-9,18-19H,6,10-17H2. The van der Waals surface area contributed by atoms with Crippen molar-refractivity contribution in [3.8, 4) is 0 Å². The molecule has 2 aliphatic heterocycles. The maximum Gasteiger partial charge on any atom is 0.410 e. The monoisotopic (exact) mass is 408 g/mol. The van der Waals surface area contributed by atoms with E-state index in [0.29, 0.717) is 19.7 Å². The molecule has 4 rings (SSSR count). The highest BCUT2D eigenvalue weighted by Gasteiger charge is 2.23. The Balaban J connectivity index is 1.16. The summed E-state index contributed by atoms with van der Waals surface area (Å²) in [7, 11) is 0. The third-order valence-corrected chi connectivity index (χ3v) is 5.46. The van der Waals surface area contributed by atoms with E-state index in [1.54, 1.807) is 17.4 Å². The Morgan fingerprint density at radius 3 is 2.67 bits per heavy atom. The molecule has 1 saturated heterocycles. The zero-order valence-corrected chi connectivity index (χ0v) is 17.2. The van der Waals surface area contributed by atoms with Gasteiger partial charge in [-0.3, -0.25) is 4.90 Å². The first-order valence-electron chi connectivity index (χ1n) is 10.5. The van der Waals surface area contributed by atoms with Gasteiger partial charge < -0.3 is 19.1 Å². The number of nitrogens with zero attached hydrogens (tertiary/aromatic N) is 2. The van der Waals surface area contributed by atoms with Crippen LogP contribution >= 0.6 is 0 Å². The van der Waals surface area contributed by atoms with Crippen molar-refractivity contribution in [3.63, 3.8) is 0 Å². The Morgan fingerprint density at radius 1 is 1.07 bits per heavy atom. The van der Waals surface area contributed by atoms with E-state index in [1.807, 2.05) is 30.3 Å². The van der Waals surface area contributed by atoms with E-state index in [2.05, 4.69) is 23.1 Å². The highest BCUT2D eigenvalue weighted by atomic mass is 16.6. The fourth-order valence-corrected chi connectivity index (χ4v) is 3.65. The van der Waals surface area contributed by atoms with Crippen molar-refractivity contribution in [1.82, 2.24) is 9.80 Å². The first-order valence-corrected chi connectivity index (χ1v) is 10.5. The summed E-state index contributed by atoms with van der Waals surface area (Å²) in [6, 6.07) is 9.76. The van der Waals surface area contributed by atoms with E-state index in [4.69, 9.17) is 14.2 Å². The molecule has 0 N–H and O–H groups in total. The molecule has 1 aromatic rings. The van der Waals surface area contributed by atoms with Crippen molar-refractivity contribution >= 4 is 6.09 Å². The molecule has 0 saturated carbocycles. The minimum absolute atomic E-state index is 0.241. The molecule has 1 aliphatic carbocycles. The van der Waals surface area contributed by atoms with Crippen LogP contribution < -0.4 is 0 Å². The van der Waals surface area contributed by atoms with Gasteiger partial charge in [0.1, 0.15) is 24.9 Å². The number of allylic oxidation sites excluding steroid dienone is 4. The van der Waals surface area contributed by atoms with Crippen LogP contribution in [0, 0.1) is 0 Å². The summed E-state index contributed by atoms with van der Waals surface area (Å²) in [5.74, 6) is 1.65. The molecule has 0 radical (unpaired) electrons. The molecule has 0 unspecified atom stereocenters. The van der Waals surface area contributed by atoms with E-state index >= 15 is 0 Å². The quantitative estimate of drug-likeness (QED) is 0.701. The van der Waals surface area contributed by atoms with E-state index in [-0.39, 0.29) is 6.09 Å². The lowest BCUT2D eigenvalue weighted by molar-refractivity contribution is 0.0707.